The van der Waals surface area contributed by atoms with E-state index >= 15 is 0 Å². The number of primary amides is 1. The van der Waals surface area contributed by atoms with Crippen molar-refractivity contribution in [1.82, 2.24) is 9.80 Å². The molecule has 4 aliphatic rings. The standard InChI is InChI=1S/C34H38FN3O8/c1-37(2)28-22-14-17-13-21-19(20-12-16(4-7-24(20)46-3)15-38-10-8-18(35)9-11-38)5-6-23(39)26(21)29(40)25(17)31(42)34(22,45)32(43)27(30(28)41)33(36)44/h4-7,12,17-18,22,28,39-40,43,45H,8-11,13-15H2,1-3H3,(H2,36,44)/t17-,22-,28-,34-/m0/s1. The van der Waals surface area contributed by atoms with Crippen LogP contribution in [0.2, 0.25) is 0 Å². The number of hydrogen-bond donors (Lipinski definition) is 5. The number of ether oxygens (including phenoxy) is 1. The molecule has 0 unspecified atom stereocenters. The Bertz CT molecular complexity index is 1710. The highest BCUT2D eigenvalue weighted by atomic mass is 19.1. The minimum atomic E-state index is -2.70. The number of carbonyl (C=O) groups excluding carboxylic acids is 3. The zero-order valence-electron chi connectivity index (χ0n) is 25.9. The number of ketones is 2. The van der Waals surface area contributed by atoms with Crippen molar-refractivity contribution in [3.8, 4) is 22.6 Å². The van der Waals surface area contributed by atoms with Crippen LogP contribution >= 0.6 is 0 Å². The molecule has 2 aromatic rings. The van der Waals surface area contributed by atoms with E-state index in [4.69, 9.17) is 10.5 Å². The molecule has 244 valence electrons. The summed E-state index contributed by atoms with van der Waals surface area (Å²) in [7, 11) is 4.65. The third-order valence-electron chi connectivity index (χ3n) is 10.1. The first-order valence-corrected chi connectivity index (χ1v) is 15.3. The molecule has 3 aliphatic carbocycles. The molecule has 0 bridgehead atoms. The summed E-state index contributed by atoms with van der Waals surface area (Å²) in [6, 6.07) is 7.68. The number of rotatable bonds is 6. The minimum Gasteiger partial charge on any atom is -0.508 e. The fraction of sp³-hybridized carbons (Fsp3) is 0.441. The number of benzene rings is 2. The van der Waals surface area contributed by atoms with Crippen LogP contribution in [-0.4, -0.2) is 99.8 Å². The molecule has 1 heterocycles. The van der Waals surface area contributed by atoms with Crippen molar-refractivity contribution in [2.24, 2.45) is 17.6 Å². The number of halogens is 1. The molecule has 11 nitrogen and oxygen atoms in total. The molecule has 0 aromatic heterocycles. The maximum atomic E-state index is 14.1. The summed E-state index contributed by atoms with van der Waals surface area (Å²) in [5, 5.41) is 45.5. The fourth-order valence-electron chi connectivity index (χ4n) is 7.88. The summed E-state index contributed by atoms with van der Waals surface area (Å²) in [5.41, 5.74) is 4.49. The van der Waals surface area contributed by atoms with Gasteiger partial charge in [-0.15, -0.1) is 0 Å². The predicted molar refractivity (Wildman–Crippen MR) is 166 cm³/mol. The number of fused-ring (bicyclic) bond motifs is 3. The van der Waals surface area contributed by atoms with Gasteiger partial charge in [-0.25, -0.2) is 4.39 Å². The molecule has 2 fully saturated rings. The molecule has 4 atom stereocenters. The normalized spacial score (nSPS) is 27.0. The highest BCUT2D eigenvalue weighted by molar-refractivity contribution is 6.24. The van der Waals surface area contributed by atoms with Gasteiger partial charge in [-0.3, -0.25) is 24.2 Å². The fourth-order valence-corrected chi connectivity index (χ4v) is 7.88. The van der Waals surface area contributed by atoms with Gasteiger partial charge in [0, 0.05) is 36.7 Å². The smallest absolute Gasteiger partial charge is 0.255 e. The Morgan fingerprint density at radius 2 is 1.80 bits per heavy atom. The van der Waals surface area contributed by atoms with Crippen molar-refractivity contribution >= 4 is 23.2 Å². The van der Waals surface area contributed by atoms with Gasteiger partial charge in [0.2, 0.25) is 5.78 Å². The van der Waals surface area contributed by atoms with E-state index in [1.165, 1.54) is 18.1 Å². The molecule has 6 rings (SSSR count). The number of likely N-dealkylation sites (tertiary alicyclic amines) is 1. The van der Waals surface area contributed by atoms with E-state index in [0.29, 0.717) is 54.9 Å². The number of alkyl halides is 1. The van der Waals surface area contributed by atoms with Crippen molar-refractivity contribution in [2.45, 2.75) is 50.0 Å². The van der Waals surface area contributed by atoms with Gasteiger partial charge in [0.15, 0.2) is 11.4 Å². The number of aromatic hydroxyl groups is 1. The van der Waals surface area contributed by atoms with Gasteiger partial charge >= 0.3 is 0 Å². The average Bonchev–Trinajstić information content (AvgIpc) is 3.00. The highest BCUT2D eigenvalue weighted by Gasteiger charge is 2.64. The minimum absolute atomic E-state index is 0.00580. The number of aliphatic hydroxyl groups excluding tert-OH is 2. The Morgan fingerprint density at radius 3 is 2.43 bits per heavy atom. The van der Waals surface area contributed by atoms with E-state index in [9.17, 15) is 39.2 Å². The third kappa shape index (κ3) is 4.78. The Hall–Kier alpha value is -4.26. The molecule has 1 amide bonds. The van der Waals surface area contributed by atoms with Crippen LogP contribution in [0.15, 0.2) is 47.2 Å². The zero-order valence-corrected chi connectivity index (χ0v) is 25.9. The lowest BCUT2D eigenvalue weighted by Crippen LogP contribution is -2.65. The maximum absolute atomic E-state index is 14.1. The number of hydrogen-bond acceptors (Lipinski definition) is 10. The molecule has 12 heteroatoms. The Labute approximate surface area is 265 Å². The SMILES string of the molecule is COc1ccc(CN2CCC(F)CC2)cc1-c1ccc(O)c2c1C[C@H]1C[C@H]3[C@H](N(C)C)C(=O)C(C(N)=O)=C(O)[C@@]3(O)C(=O)C1=C2O. The quantitative estimate of drug-likeness (QED) is 0.297. The molecule has 2 aromatic carbocycles. The van der Waals surface area contributed by atoms with E-state index in [1.54, 1.807) is 20.2 Å². The summed E-state index contributed by atoms with van der Waals surface area (Å²) in [5.74, 6) is -6.46. The van der Waals surface area contributed by atoms with Crippen molar-refractivity contribution in [1.29, 1.82) is 0 Å². The molecular weight excluding hydrogens is 597 g/mol. The van der Waals surface area contributed by atoms with Gasteiger partial charge in [-0.1, -0.05) is 12.1 Å². The molecule has 6 N–H and O–H groups in total. The number of carbonyl (C=O) groups is 3. The second-order valence-electron chi connectivity index (χ2n) is 12.9. The monoisotopic (exact) mass is 635 g/mol. The second-order valence-corrected chi connectivity index (χ2v) is 12.9. The topological polar surface area (TPSA) is 174 Å². The van der Waals surface area contributed by atoms with Crippen molar-refractivity contribution < 1.29 is 43.9 Å². The number of phenolic OH excluding ortho intramolecular Hbond substituents is 1. The number of piperidine rings is 1. The molecule has 1 saturated carbocycles. The van der Waals surface area contributed by atoms with Gasteiger partial charge in [-0.2, -0.15) is 0 Å². The van der Waals surface area contributed by atoms with E-state index in [2.05, 4.69) is 4.90 Å². The van der Waals surface area contributed by atoms with Crippen molar-refractivity contribution in [3.63, 3.8) is 0 Å². The van der Waals surface area contributed by atoms with Gasteiger partial charge in [0.25, 0.3) is 5.91 Å². The van der Waals surface area contributed by atoms with E-state index in [1.807, 2.05) is 18.2 Å². The van der Waals surface area contributed by atoms with Crippen LogP contribution in [0.4, 0.5) is 4.39 Å². The van der Waals surface area contributed by atoms with E-state index in [-0.39, 0.29) is 29.7 Å². The molecular formula is C34H38FN3O8. The first kappa shape index (κ1) is 31.7. The van der Waals surface area contributed by atoms with Crippen LogP contribution in [0.3, 0.4) is 0 Å². The first-order chi connectivity index (χ1) is 21.8. The summed E-state index contributed by atoms with van der Waals surface area (Å²) >= 11 is 0. The number of methoxy groups -OCH3 is 1. The number of nitrogens with two attached hydrogens (primary N) is 1. The van der Waals surface area contributed by atoms with Gasteiger partial charge in [-0.05, 0) is 80.6 Å². The number of nitrogens with zero attached hydrogens (tertiary/aromatic N) is 2. The van der Waals surface area contributed by atoms with Gasteiger partial charge in [0.05, 0.1) is 18.7 Å². The van der Waals surface area contributed by atoms with Crippen molar-refractivity contribution in [2.75, 3.05) is 34.3 Å². The average molecular weight is 636 g/mol. The van der Waals surface area contributed by atoms with Crippen LogP contribution < -0.4 is 10.5 Å². The van der Waals surface area contributed by atoms with Crippen LogP contribution in [-0.2, 0) is 27.3 Å². The zero-order chi connectivity index (χ0) is 33.2. The second kappa shape index (κ2) is 11.5. The highest BCUT2D eigenvalue weighted by Crippen LogP contribution is 2.54. The summed E-state index contributed by atoms with van der Waals surface area (Å²) in [4.78, 5) is 43.4. The maximum Gasteiger partial charge on any atom is 0.255 e. The molecule has 46 heavy (non-hydrogen) atoms. The summed E-state index contributed by atoms with van der Waals surface area (Å²) < 4.78 is 19.4. The van der Waals surface area contributed by atoms with E-state index in [0.717, 1.165) is 5.56 Å². The predicted octanol–water partition coefficient (Wildman–Crippen LogP) is 2.57. The summed E-state index contributed by atoms with van der Waals surface area (Å²) in [6.07, 6.45) is 0.315. The van der Waals surface area contributed by atoms with Gasteiger partial charge < -0.3 is 30.9 Å². The molecule has 1 aliphatic heterocycles. The lowest BCUT2D eigenvalue weighted by atomic mass is 9.57. The number of likely N-dealkylation sites (N-methyl/N-ethyl adjacent to an activating group) is 1. The van der Waals surface area contributed by atoms with E-state index < -0.39 is 64.2 Å². The lowest BCUT2D eigenvalue weighted by molar-refractivity contribution is -0.153. The molecule has 1 saturated heterocycles. The lowest BCUT2D eigenvalue weighted by Gasteiger charge is -2.50. The van der Waals surface area contributed by atoms with Crippen LogP contribution in [0, 0.1) is 11.8 Å². The van der Waals surface area contributed by atoms with Crippen LogP contribution in [0.5, 0.6) is 11.5 Å². The molecule has 0 spiro atoms. The number of aliphatic hydroxyl groups is 3. The largest absolute Gasteiger partial charge is 0.508 e. The number of amides is 1. The van der Waals surface area contributed by atoms with Crippen LogP contribution in [0.25, 0.3) is 16.9 Å². The summed E-state index contributed by atoms with van der Waals surface area (Å²) in [6.45, 7) is 1.88. The Balaban J connectivity index is 1.48. The number of phenols is 1. The van der Waals surface area contributed by atoms with Gasteiger partial charge in [0.1, 0.15) is 34.8 Å². The Morgan fingerprint density at radius 1 is 1.11 bits per heavy atom. The first-order valence-electron chi connectivity index (χ1n) is 15.3. The molecule has 0 radical (unpaired) electrons. The van der Waals surface area contributed by atoms with Crippen molar-refractivity contribution in [3.05, 3.63) is 63.9 Å². The Kier molecular flexibility index (Phi) is 7.94. The number of Topliss-reactive ketones (excluding diaryl/α,β-unsaturated/α-hetero) is 2. The third-order valence-corrected chi connectivity index (χ3v) is 10.1. The van der Waals surface area contributed by atoms with Crippen LogP contribution in [0.1, 0.15) is 36.0 Å².